The molecule has 2 amide bonds. The first kappa shape index (κ1) is 22.5. The molecule has 0 bridgehead atoms. The number of likely N-dealkylation sites (N-methyl/N-ethyl adjacent to an activating group) is 1. The highest BCUT2D eigenvalue weighted by Gasteiger charge is 2.50. The Morgan fingerprint density at radius 2 is 1.69 bits per heavy atom. The summed E-state index contributed by atoms with van der Waals surface area (Å²) in [5.74, 6) is -1.76. The Hall–Kier alpha value is -1.22. The van der Waals surface area contributed by atoms with Gasteiger partial charge in [-0.3, -0.25) is 9.59 Å². The Bertz CT molecular complexity index is 629. The minimum Gasteiger partial charge on any atom is -0.348 e. The second-order valence-corrected chi connectivity index (χ2v) is 9.54. The van der Waals surface area contributed by atoms with Crippen LogP contribution in [0.3, 0.4) is 0 Å². The lowest BCUT2D eigenvalue weighted by atomic mass is 9.72. The lowest BCUT2D eigenvalue weighted by molar-refractivity contribution is -0.174. The average Bonchev–Trinajstić information content (AvgIpc) is 3.14. The van der Waals surface area contributed by atoms with Gasteiger partial charge in [-0.15, -0.1) is 0 Å². The molecule has 1 N–H and O–H groups in total. The van der Waals surface area contributed by atoms with Crippen LogP contribution < -0.4 is 5.32 Å². The average molecular weight is 413 g/mol. The zero-order chi connectivity index (χ0) is 21.6. The SMILES string of the molecule is CCN(C[C@@H]1OC(C)(C)O[C@@H]1[C@H]1COC(C)(C)O1)C(=O)C(=O)NC1C(C)CC1C. The highest BCUT2D eigenvalue weighted by atomic mass is 16.8. The van der Waals surface area contributed by atoms with Crippen molar-refractivity contribution in [1.82, 2.24) is 10.2 Å². The van der Waals surface area contributed by atoms with Crippen LogP contribution in [0.2, 0.25) is 0 Å². The molecule has 1 aliphatic carbocycles. The van der Waals surface area contributed by atoms with E-state index in [2.05, 4.69) is 19.2 Å². The number of carbonyl (C=O) groups excluding carboxylic acids is 2. The molecule has 2 aliphatic heterocycles. The molecule has 3 aliphatic rings. The van der Waals surface area contributed by atoms with Crippen molar-refractivity contribution in [3.8, 4) is 0 Å². The summed E-state index contributed by atoms with van der Waals surface area (Å²) in [7, 11) is 0. The minimum absolute atomic E-state index is 0.0640. The molecule has 0 aromatic heterocycles. The molecule has 8 nitrogen and oxygen atoms in total. The van der Waals surface area contributed by atoms with E-state index in [1.165, 1.54) is 4.90 Å². The van der Waals surface area contributed by atoms with Gasteiger partial charge in [0.1, 0.15) is 18.3 Å². The van der Waals surface area contributed by atoms with Crippen molar-refractivity contribution >= 4 is 11.8 Å². The number of amides is 2. The first-order chi connectivity index (χ1) is 13.4. The van der Waals surface area contributed by atoms with E-state index in [9.17, 15) is 9.59 Å². The van der Waals surface area contributed by atoms with Gasteiger partial charge in [-0.1, -0.05) is 13.8 Å². The normalized spacial score (nSPS) is 37.8. The number of rotatable bonds is 5. The second-order valence-electron chi connectivity index (χ2n) is 9.54. The fourth-order valence-corrected chi connectivity index (χ4v) is 4.66. The lowest BCUT2D eigenvalue weighted by Gasteiger charge is -2.41. The molecule has 0 spiro atoms. The molecular formula is C21H36N2O6. The van der Waals surface area contributed by atoms with Crippen LogP contribution in [0.1, 0.15) is 54.9 Å². The van der Waals surface area contributed by atoms with Gasteiger partial charge in [0.15, 0.2) is 11.6 Å². The van der Waals surface area contributed by atoms with Crippen molar-refractivity contribution in [3.05, 3.63) is 0 Å². The van der Waals surface area contributed by atoms with Crippen molar-refractivity contribution < 1.29 is 28.5 Å². The second kappa shape index (κ2) is 8.13. The molecule has 2 heterocycles. The number of nitrogens with zero attached hydrogens (tertiary/aromatic N) is 1. The van der Waals surface area contributed by atoms with E-state index >= 15 is 0 Å². The minimum atomic E-state index is -0.799. The van der Waals surface area contributed by atoms with Crippen molar-refractivity contribution in [1.29, 1.82) is 0 Å². The van der Waals surface area contributed by atoms with Crippen LogP contribution in [0.25, 0.3) is 0 Å². The van der Waals surface area contributed by atoms with Gasteiger partial charge < -0.3 is 29.2 Å². The van der Waals surface area contributed by atoms with Crippen molar-refractivity contribution in [3.63, 3.8) is 0 Å². The fraction of sp³-hybridized carbons (Fsp3) is 0.905. The van der Waals surface area contributed by atoms with Gasteiger partial charge in [0.05, 0.1) is 13.2 Å². The summed E-state index contributed by atoms with van der Waals surface area (Å²) in [6.07, 6.45) is -0.0225. The maximum absolute atomic E-state index is 12.8. The maximum Gasteiger partial charge on any atom is 0.311 e. The lowest BCUT2D eigenvalue weighted by Crippen LogP contribution is -2.56. The Morgan fingerprint density at radius 3 is 2.21 bits per heavy atom. The van der Waals surface area contributed by atoms with Gasteiger partial charge in [0, 0.05) is 12.6 Å². The number of carbonyl (C=O) groups is 2. The number of nitrogens with one attached hydrogen (secondary N) is 1. The summed E-state index contributed by atoms with van der Waals surface area (Å²) in [5, 5.41) is 2.90. The van der Waals surface area contributed by atoms with E-state index in [-0.39, 0.29) is 24.8 Å². The van der Waals surface area contributed by atoms with Gasteiger partial charge in [0.2, 0.25) is 0 Å². The van der Waals surface area contributed by atoms with E-state index in [1.807, 2.05) is 34.6 Å². The molecule has 2 saturated heterocycles. The third-order valence-electron chi connectivity index (χ3n) is 6.15. The number of hydrogen-bond donors (Lipinski definition) is 1. The molecule has 2 unspecified atom stereocenters. The first-order valence-electron chi connectivity index (χ1n) is 10.7. The topological polar surface area (TPSA) is 86.3 Å². The molecule has 0 aromatic carbocycles. The van der Waals surface area contributed by atoms with Crippen LogP contribution in [-0.4, -0.2) is 72.3 Å². The molecule has 29 heavy (non-hydrogen) atoms. The van der Waals surface area contributed by atoms with Gasteiger partial charge in [0.25, 0.3) is 0 Å². The number of ether oxygens (including phenoxy) is 4. The molecule has 0 radical (unpaired) electrons. The van der Waals surface area contributed by atoms with E-state index < -0.39 is 29.5 Å². The van der Waals surface area contributed by atoms with Gasteiger partial charge >= 0.3 is 11.8 Å². The van der Waals surface area contributed by atoms with Gasteiger partial charge in [-0.2, -0.15) is 0 Å². The van der Waals surface area contributed by atoms with Crippen LogP contribution in [-0.2, 0) is 28.5 Å². The molecule has 3 fully saturated rings. The maximum atomic E-state index is 12.8. The molecular weight excluding hydrogens is 376 g/mol. The van der Waals surface area contributed by atoms with Crippen LogP contribution >= 0.6 is 0 Å². The van der Waals surface area contributed by atoms with Crippen LogP contribution in [0, 0.1) is 11.8 Å². The van der Waals surface area contributed by atoms with Crippen LogP contribution in [0.15, 0.2) is 0 Å². The van der Waals surface area contributed by atoms with E-state index in [1.54, 1.807) is 0 Å². The highest BCUT2D eigenvalue weighted by molar-refractivity contribution is 6.35. The summed E-state index contributed by atoms with van der Waals surface area (Å²) in [5.41, 5.74) is 0. The first-order valence-corrected chi connectivity index (χ1v) is 10.7. The number of hydrogen-bond acceptors (Lipinski definition) is 6. The van der Waals surface area contributed by atoms with Crippen molar-refractivity contribution in [2.75, 3.05) is 19.7 Å². The molecule has 1 saturated carbocycles. The Kier molecular flexibility index (Phi) is 6.30. The fourth-order valence-electron chi connectivity index (χ4n) is 4.66. The summed E-state index contributed by atoms with van der Waals surface area (Å²) in [6.45, 7) is 14.5. The molecule has 3 rings (SSSR count). The third-order valence-corrected chi connectivity index (χ3v) is 6.15. The monoisotopic (exact) mass is 412 g/mol. The predicted octanol–water partition coefficient (Wildman–Crippen LogP) is 1.67. The molecule has 8 heteroatoms. The Morgan fingerprint density at radius 1 is 1.03 bits per heavy atom. The van der Waals surface area contributed by atoms with Crippen molar-refractivity contribution in [2.24, 2.45) is 11.8 Å². The van der Waals surface area contributed by atoms with E-state index in [0.717, 1.165) is 6.42 Å². The smallest absolute Gasteiger partial charge is 0.311 e. The highest BCUT2D eigenvalue weighted by Crippen LogP contribution is 2.36. The Labute approximate surface area is 173 Å². The quantitative estimate of drug-likeness (QED) is 0.692. The van der Waals surface area contributed by atoms with Gasteiger partial charge in [-0.05, 0) is 52.9 Å². The van der Waals surface area contributed by atoms with Crippen molar-refractivity contribution in [2.45, 2.75) is 90.8 Å². The van der Waals surface area contributed by atoms with Crippen LogP contribution in [0.4, 0.5) is 0 Å². The summed E-state index contributed by atoms with van der Waals surface area (Å²) >= 11 is 0. The third kappa shape index (κ3) is 4.93. The molecule has 0 aromatic rings. The van der Waals surface area contributed by atoms with E-state index in [0.29, 0.717) is 25.0 Å². The Balaban J connectivity index is 1.64. The standard InChI is InChI=1S/C21H36N2O6/c1-8-23(19(25)18(24)22-16-12(2)9-13(16)3)10-14-17(29-21(6,7)27-14)15-11-26-20(4,5)28-15/h12-17H,8-11H2,1-7H3,(H,22,24)/t12?,13?,14-,15+,16?,17-/m0/s1. The molecule has 5 atom stereocenters. The zero-order valence-corrected chi connectivity index (χ0v) is 18.7. The van der Waals surface area contributed by atoms with Gasteiger partial charge in [-0.25, -0.2) is 0 Å². The predicted molar refractivity (Wildman–Crippen MR) is 106 cm³/mol. The zero-order valence-electron chi connectivity index (χ0n) is 18.7. The summed E-state index contributed by atoms with van der Waals surface area (Å²) in [6, 6.07) is 0.0640. The summed E-state index contributed by atoms with van der Waals surface area (Å²) < 4.78 is 23.8. The summed E-state index contributed by atoms with van der Waals surface area (Å²) in [4.78, 5) is 26.9. The van der Waals surface area contributed by atoms with Crippen LogP contribution in [0.5, 0.6) is 0 Å². The van der Waals surface area contributed by atoms with E-state index in [4.69, 9.17) is 18.9 Å². The largest absolute Gasteiger partial charge is 0.348 e. The molecule has 166 valence electrons.